The van der Waals surface area contributed by atoms with Crippen molar-refractivity contribution >= 4 is 19.2 Å². The summed E-state index contributed by atoms with van der Waals surface area (Å²) in [6, 6.07) is 6.63. The third-order valence-corrected chi connectivity index (χ3v) is 3.22. The Kier molecular flexibility index (Phi) is 4.02. The third-order valence-electron chi connectivity index (χ3n) is 1.79. The van der Waals surface area contributed by atoms with Crippen LogP contribution < -0.4 is 4.74 Å². The van der Waals surface area contributed by atoms with Crippen molar-refractivity contribution in [3.63, 3.8) is 0 Å². The van der Waals surface area contributed by atoms with E-state index in [-0.39, 0.29) is 6.16 Å². The molecule has 0 aliphatic carbocycles. The third kappa shape index (κ3) is 4.99. The molecular weight excluding hydrogens is 251 g/mol. The summed E-state index contributed by atoms with van der Waals surface area (Å²) in [6.45, 7) is 3.25. The second-order valence-electron chi connectivity index (χ2n) is 4.14. The Morgan fingerprint density at radius 3 is 2.25 bits per heavy atom. The normalized spacial score (nSPS) is 12.6. The van der Waals surface area contributed by atoms with E-state index in [1.54, 1.807) is 38.1 Å². The second kappa shape index (κ2) is 4.76. The lowest BCUT2D eigenvalue weighted by Gasteiger charge is -2.26. The van der Waals surface area contributed by atoms with Crippen LogP contribution in [0.1, 0.15) is 13.8 Å². The lowest BCUT2D eigenvalue weighted by molar-refractivity contribution is 0.127. The van der Waals surface area contributed by atoms with Crippen LogP contribution >= 0.6 is 19.2 Å². The van der Waals surface area contributed by atoms with Crippen molar-refractivity contribution in [3.8, 4) is 5.75 Å². The van der Waals surface area contributed by atoms with Crippen molar-refractivity contribution in [2.24, 2.45) is 0 Å². The molecule has 6 heteroatoms. The lowest BCUT2D eigenvalue weighted by Crippen LogP contribution is -2.32. The summed E-state index contributed by atoms with van der Waals surface area (Å²) in [5.74, 6) is 0.530. The number of rotatable bonds is 4. The molecule has 0 spiro atoms. The highest BCUT2D eigenvalue weighted by atomic mass is 35.5. The maximum atomic E-state index is 10.9. The standard InChI is InChI=1S/C10H14ClO4P/c1-10(2,7-16(12,13)14)15-9-5-3-8(11)4-6-9/h3-6H,7H2,1-2H3,(H2,12,13,14). The van der Waals surface area contributed by atoms with E-state index < -0.39 is 13.2 Å². The first-order valence-electron chi connectivity index (χ1n) is 4.67. The summed E-state index contributed by atoms with van der Waals surface area (Å²) in [6.07, 6.45) is -0.331. The summed E-state index contributed by atoms with van der Waals surface area (Å²) >= 11 is 5.71. The molecule has 0 heterocycles. The van der Waals surface area contributed by atoms with Gasteiger partial charge >= 0.3 is 7.60 Å². The van der Waals surface area contributed by atoms with Crippen molar-refractivity contribution in [1.82, 2.24) is 0 Å². The summed E-state index contributed by atoms with van der Waals surface area (Å²) in [4.78, 5) is 17.8. The largest absolute Gasteiger partial charge is 0.487 e. The first-order valence-corrected chi connectivity index (χ1v) is 6.85. The van der Waals surface area contributed by atoms with E-state index >= 15 is 0 Å². The molecule has 0 fully saturated rings. The monoisotopic (exact) mass is 264 g/mol. The zero-order valence-corrected chi connectivity index (χ0v) is 10.7. The first kappa shape index (κ1) is 13.5. The quantitative estimate of drug-likeness (QED) is 0.821. The zero-order valence-electron chi connectivity index (χ0n) is 9.05. The number of ether oxygens (including phenoxy) is 1. The van der Waals surface area contributed by atoms with Gasteiger partial charge in [0.2, 0.25) is 0 Å². The Bertz CT molecular complexity index is 396. The summed E-state index contributed by atoms with van der Waals surface area (Å²) in [5.41, 5.74) is -0.924. The van der Waals surface area contributed by atoms with E-state index in [1.807, 2.05) is 0 Å². The number of hydrogen-bond donors (Lipinski definition) is 2. The van der Waals surface area contributed by atoms with E-state index in [9.17, 15) is 4.57 Å². The minimum absolute atomic E-state index is 0.331. The van der Waals surface area contributed by atoms with Gasteiger partial charge in [-0.2, -0.15) is 0 Å². The van der Waals surface area contributed by atoms with E-state index in [1.165, 1.54) is 0 Å². The van der Waals surface area contributed by atoms with Crippen LogP contribution in [0.5, 0.6) is 5.75 Å². The van der Waals surface area contributed by atoms with Crippen LogP contribution in [0.3, 0.4) is 0 Å². The highest BCUT2D eigenvalue weighted by Crippen LogP contribution is 2.39. The van der Waals surface area contributed by atoms with Gasteiger partial charge in [0, 0.05) is 5.02 Å². The van der Waals surface area contributed by atoms with Gasteiger partial charge in [0.05, 0.1) is 6.16 Å². The molecule has 16 heavy (non-hydrogen) atoms. The van der Waals surface area contributed by atoms with E-state index in [0.29, 0.717) is 10.8 Å². The minimum Gasteiger partial charge on any atom is -0.487 e. The van der Waals surface area contributed by atoms with Crippen molar-refractivity contribution in [3.05, 3.63) is 29.3 Å². The Morgan fingerprint density at radius 1 is 1.31 bits per heavy atom. The Morgan fingerprint density at radius 2 is 1.81 bits per heavy atom. The summed E-state index contributed by atoms with van der Waals surface area (Å²) in [5, 5.41) is 0.583. The Balaban J connectivity index is 2.72. The summed E-state index contributed by atoms with van der Waals surface area (Å²) in [7, 11) is -4.08. The molecule has 0 amide bonds. The van der Waals surface area contributed by atoms with E-state index in [2.05, 4.69) is 0 Å². The minimum atomic E-state index is -4.08. The predicted molar refractivity (Wildman–Crippen MR) is 63.1 cm³/mol. The van der Waals surface area contributed by atoms with Crippen molar-refractivity contribution in [2.45, 2.75) is 19.4 Å². The molecule has 0 unspecified atom stereocenters. The van der Waals surface area contributed by atoms with Gasteiger partial charge in [0.1, 0.15) is 11.4 Å². The molecular formula is C10H14ClO4P. The molecule has 0 saturated carbocycles. The number of benzene rings is 1. The van der Waals surface area contributed by atoms with Gasteiger partial charge in [-0.05, 0) is 38.1 Å². The smallest absolute Gasteiger partial charge is 0.329 e. The van der Waals surface area contributed by atoms with Gasteiger partial charge in [0.25, 0.3) is 0 Å². The van der Waals surface area contributed by atoms with Crippen LogP contribution in [0.25, 0.3) is 0 Å². The van der Waals surface area contributed by atoms with Crippen LogP contribution in [0.4, 0.5) is 0 Å². The lowest BCUT2D eigenvalue weighted by atomic mass is 10.2. The van der Waals surface area contributed by atoms with Gasteiger partial charge in [-0.15, -0.1) is 0 Å². The SMILES string of the molecule is CC(C)(CP(=O)(O)O)Oc1ccc(Cl)cc1. The average Bonchev–Trinajstić information content (AvgIpc) is 2.04. The zero-order chi connectivity index (χ0) is 12.4. The molecule has 4 nitrogen and oxygen atoms in total. The van der Waals surface area contributed by atoms with Crippen LogP contribution in [-0.4, -0.2) is 21.5 Å². The molecule has 0 aliphatic heterocycles. The molecule has 2 N–H and O–H groups in total. The van der Waals surface area contributed by atoms with E-state index in [0.717, 1.165) is 0 Å². The summed E-state index contributed by atoms with van der Waals surface area (Å²) < 4.78 is 16.4. The average molecular weight is 265 g/mol. The van der Waals surface area contributed by atoms with Crippen molar-refractivity contribution in [2.75, 3.05) is 6.16 Å². The predicted octanol–water partition coefficient (Wildman–Crippen LogP) is 2.68. The van der Waals surface area contributed by atoms with Crippen LogP contribution in [-0.2, 0) is 4.57 Å². The molecule has 0 aliphatic rings. The second-order valence-corrected chi connectivity index (χ2v) is 6.22. The molecule has 0 aromatic heterocycles. The van der Waals surface area contributed by atoms with Gasteiger partial charge in [0.15, 0.2) is 0 Å². The topological polar surface area (TPSA) is 66.8 Å². The molecule has 1 aromatic carbocycles. The molecule has 0 radical (unpaired) electrons. The highest BCUT2D eigenvalue weighted by Gasteiger charge is 2.30. The maximum Gasteiger partial charge on any atom is 0.329 e. The van der Waals surface area contributed by atoms with Gasteiger partial charge < -0.3 is 14.5 Å². The molecule has 90 valence electrons. The van der Waals surface area contributed by atoms with Gasteiger partial charge in [-0.25, -0.2) is 0 Å². The number of halogens is 1. The molecule has 0 saturated heterocycles. The van der Waals surface area contributed by atoms with Crippen molar-refractivity contribution < 1.29 is 19.1 Å². The maximum absolute atomic E-state index is 10.9. The van der Waals surface area contributed by atoms with Crippen LogP contribution in [0.15, 0.2) is 24.3 Å². The molecule has 0 atom stereocenters. The Hall–Kier alpha value is -0.540. The Labute approximate surface area is 99.4 Å². The number of hydrogen-bond acceptors (Lipinski definition) is 2. The van der Waals surface area contributed by atoms with E-state index in [4.69, 9.17) is 26.1 Å². The fourth-order valence-corrected chi connectivity index (χ4v) is 2.53. The molecule has 1 aromatic rings. The molecule has 1 rings (SSSR count). The van der Waals surface area contributed by atoms with Crippen LogP contribution in [0, 0.1) is 0 Å². The van der Waals surface area contributed by atoms with Gasteiger partial charge in [-0.1, -0.05) is 11.6 Å². The molecule has 0 bridgehead atoms. The van der Waals surface area contributed by atoms with Crippen LogP contribution in [0.2, 0.25) is 5.02 Å². The van der Waals surface area contributed by atoms with Gasteiger partial charge in [-0.3, -0.25) is 4.57 Å². The fourth-order valence-electron chi connectivity index (χ4n) is 1.35. The fraction of sp³-hybridized carbons (Fsp3) is 0.400. The van der Waals surface area contributed by atoms with Crippen molar-refractivity contribution in [1.29, 1.82) is 0 Å². The first-order chi connectivity index (χ1) is 7.18. The highest BCUT2D eigenvalue weighted by molar-refractivity contribution is 7.51.